The van der Waals surface area contributed by atoms with Crippen LogP contribution >= 0.6 is 0 Å². The van der Waals surface area contributed by atoms with Crippen molar-refractivity contribution < 1.29 is 5.11 Å². The van der Waals surface area contributed by atoms with Crippen LogP contribution in [0.2, 0.25) is 0 Å². The molecule has 0 fully saturated rings. The Morgan fingerprint density at radius 3 is 2.36 bits per heavy atom. The third kappa shape index (κ3) is 9.79. The summed E-state index contributed by atoms with van der Waals surface area (Å²) in [5, 5.41) is 8.59. The monoisotopic (exact) mass is 198 g/mol. The summed E-state index contributed by atoms with van der Waals surface area (Å²) in [6.07, 6.45) is 12.2. The predicted octanol–water partition coefficient (Wildman–Crippen LogP) is 4.07. The average Bonchev–Trinajstić information content (AvgIpc) is 2.17. The van der Waals surface area contributed by atoms with Gasteiger partial charge in [-0.1, -0.05) is 44.3 Å². The van der Waals surface area contributed by atoms with Crippen LogP contribution in [-0.4, -0.2) is 11.7 Å². The van der Waals surface area contributed by atoms with E-state index in [4.69, 9.17) is 5.11 Å². The van der Waals surface area contributed by atoms with Crippen LogP contribution in [0.15, 0.2) is 11.6 Å². The fraction of sp³-hybridized carbons (Fsp3) is 0.846. The zero-order valence-electron chi connectivity index (χ0n) is 9.89. The molecule has 1 heteroatoms. The molecule has 0 aliphatic carbocycles. The van der Waals surface area contributed by atoms with Crippen LogP contribution in [0.3, 0.4) is 0 Å². The van der Waals surface area contributed by atoms with E-state index in [-0.39, 0.29) is 0 Å². The first-order valence-electron chi connectivity index (χ1n) is 6.07. The summed E-state index contributed by atoms with van der Waals surface area (Å²) in [6, 6.07) is 0. The first kappa shape index (κ1) is 13.7. The number of rotatable bonds is 9. The normalized spacial score (nSPS) is 12.1. The molecule has 0 aliphatic heterocycles. The van der Waals surface area contributed by atoms with E-state index < -0.39 is 0 Å². The zero-order chi connectivity index (χ0) is 10.6. The SMILES string of the molecule is CCCC(C)=CCCCCCCCO. The van der Waals surface area contributed by atoms with Crippen molar-refractivity contribution in [1.82, 2.24) is 0 Å². The zero-order valence-corrected chi connectivity index (χ0v) is 9.89. The highest BCUT2D eigenvalue weighted by Crippen LogP contribution is 2.09. The van der Waals surface area contributed by atoms with Gasteiger partial charge in [-0.3, -0.25) is 0 Å². The lowest BCUT2D eigenvalue weighted by Crippen LogP contribution is -1.83. The summed E-state index contributed by atoms with van der Waals surface area (Å²) in [7, 11) is 0. The van der Waals surface area contributed by atoms with Gasteiger partial charge in [0.05, 0.1) is 0 Å². The van der Waals surface area contributed by atoms with E-state index in [2.05, 4.69) is 19.9 Å². The Morgan fingerprint density at radius 1 is 1.07 bits per heavy atom. The van der Waals surface area contributed by atoms with Gasteiger partial charge in [0, 0.05) is 6.61 Å². The van der Waals surface area contributed by atoms with Gasteiger partial charge >= 0.3 is 0 Å². The predicted molar refractivity (Wildman–Crippen MR) is 63.5 cm³/mol. The highest BCUT2D eigenvalue weighted by atomic mass is 16.2. The van der Waals surface area contributed by atoms with Crippen molar-refractivity contribution in [3.05, 3.63) is 11.6 Å². The van der Waals surface area contributed by atoms with Gasteiger partial charge in [-0.15, -0.1) is 0 Å². The van der Waals surface area contributed by atoms with Crippen LogP contribution < -0.4 is 0 Å². The highest BCUT2D eigenvalue weighted by Gasteiger charge is 1.90. The topological polar surface area (TPSA) is 20.2 Å². The van der Waals surface area contributed by atoms with E-state index in [0.29, 0.717) is 6.61 Å². The maximum absolute atomic E-state index is 8.59. The smallest absolute Gasteiger partial charge is 0.0431 e. The van der Waals surface area contributed by atoms with Crippen molar-refractivity contribution in [1.29, 1.82) is 0 Å². The first-order valence-corrected chi connectivity index (χ1v) is 6.07. The lowest BCUT2D eigenvalue weighted by atomic mass is 10.1. The molecule has 84 valence electrons. The summed E-state index contributed by atoms with van der Waals surface area (Å²) >= 11 is 0. The summed E-state index contributed by atoms with van der Waals surface area (Å²) < 4.78 is 0. The molecule has 0 rings (SSSR count). The molecule has 0 saturated heterocycles. The lowest BCUT2D eigenvalue weighted by Gasteiger charge is -1.99. The first-order chi connectivity index (χ1) is 6.81. The Bertz CT molecular complexity index is 138. The number of aliphatic hydroxyl groups is 1. The molecule has 0 radical (unpaired) electrons. The minimum atomic E-state index is 0.357. The third-order valence-corrected chi connectivity index (χ3v) is 2.50. The average molecular weight is 198 g/mol. The van der Waals surface area contributed by atoms with Gasteiger partial charge < -0.3 is 5.11 Å². The Balaban J connectivity index is 3.15. The second-order valence-corrected chi connectivity index (χ2v) is 4.08. The van der Waals surface area contributed by atoms with E-state index >= 15 is 0 Å². The summed E-state index contributed by atoms with van der Waals surface area (Å²) in [5.74, 6) is 0. The standard InChI is InChI=1S/C13H26O/c1-3-10-13(2)11-8-6-4-5-7-9-12-14/h11,14H,3-10,12H2,1-2H3. The molecule has 0 unspecified atom stereocenters. The Kier molecular flexibility index (Phi) is 10.5. The Labute approximate surface area is 89.2 Å². The maximum Gasteiger partial charge on any atom is 0.0431 e. The van der Waals surface area contributed by atoms with Crippen LogP contribution in [0, 0.1) is 0 Å². The molecule has 1 nitrogen and oxygen atoms in total. The number of hydrogen-bond donors (Lipinski definition) is 1. The van der Waals surface area contributed by atoms with Crippen molar-refractivity contribution in [2.45, 2.75) is 65.2 Å². The quantitative estimate of drug-likeness (QED) is 0.437. The molecule has 0 bridgehead atoms. The summed E-state index contributed by atoms with van der Waals surface area (Å²) in [6.45, 7) is 4.82. The van der Waals surface area contributed by atoms with E-state index in [1.54, 1.807) is 5.57 Å². The second kappa shape index (κ2) is 10.8. The molecule has 0 aromatic rings. The number of aliphatic hydroxyl groups excluding tert-OH is 1. The van der Waals surface area contributed by atoms with Gasteiger partial charge in [-0.05, 0) is 32.6 Å². The van der Waals surface area contributed by atoms with Gasteiger partial charge in [0.25, 0.3) is 0 Å². The van der Waals surface area contributed by atoms with Crippen molar-refractivity contribution in [3.63, 3.8) is 0 Å². The van der Waals surface area contributed by atoms with E-state index in [9.17, 15) is 0 Å². The van der Waals surface area contributed by atoms with Gasteiger partial charge in [0.2, 0.25) is 0 Å². The van der Waals surface area contributed by atoms with Gasteiger partial charge in [-0.25, -0.2) is 0 Å². The molecule has 0 aromatic carbocycles. The number of unbranched alkanes of at least 4 members (excludes halogenated alkanes) is 5. The van der Waals surface area contributed by atoms with Crippen molar-refractivity contribution in [2.75, 3.05) is 6.61 Å². The Hall–Kier alpha value is -0.300. The van der Waals surface area contributed by atoms with Gasteiger partial charge in [0.15, 0.2) is 0 Å². The van der Waals surface area contributed by atoms with E-state index in [1.807, 2.05) is 0 Å². The minimum absolute atomic E-state index is 0.357. The van der Waals surface area contributed by atoms with Crippen LogP contribution in [0.25, 0.3) is 0 Å². The molecule has 0 heterocycles. The highest BCUT2D eigenvalue weighted by molar-refractivity contribution is 4.97. The fourth-order valence-corrected chi connectivity index (χ4v) is 1.63. The summed E-state index contributed by atoms with van der Waals surface area (Å²) in [4.78, 5) is 0. The molecular weight excluding hydrogens is 172 g/mol. The van der Waals surface area contributed by atoms with E-state index in [0.717, 1.165) is 6.42 Å². The van der Waals surface area contributed by atoms with Crippen molar-refractivity contribution in [2.24, 2.45) is 0 Å². The fourth-order valence-electron chi connectivity index (χ4n) is 1.63. The van der Waals surface area contributed by atoms with Gasteiger partial charge in [-0.2, -0.15) is 0 Å². The van der Waals surface area contributed by atoms with Crippen LogP contribution in [-0.2, 0) is 0 Å². The molecule has 0 atom stereocenters. The Morgan fingerprint density at radius 2 is 1.71 bits per heavy atom. The largest absolute Gasteiger partial charge is 0.396 e. The maximum atomic E-state index is 8.59. The molecular formula is C13H26O. The number of hydrogen-bond acceptors (Lipinski definition) is 1. The molecule has 0 amide bonds. The van der Waals surface area contributed by atoms with Gasteiger partial charge in [0.1, 0.15) is 0 Å². The lowest BCUT2D eigenvalue weighted by molar-refractivity contribution is 0.282. The number of allylic oxidation sites excluding steroid dienone is 2. The summed E-state index contributed by atoms with van der Waals surface area (Å²) in [5.41, 5.74) is 1.54. The molecule has 0 aliphatic rings. The van der Waals surface area contributed by atoms with Crippen LogP contribution in [0.1, 0.15) is 65.2 Å². The molecule has 1 N–H and O–H groups in total. The van der Waals surface area contributed by atoms with Crippen molar-refractivity contribution in [3.8, 4) is 0 Å². The second-order valence-electron chi connectivity index (χ2n) is 4.08. The van der Waals surface area contributed by atoms with Crippen molar-refractivity contribution >= 4 is 0 Å². The molecule has 0 aromatic heterocycles. The third-order valence-electron chi connectivity index (χ3n) is 2.50. The molecule has 14 heavy (non-hydrogen) atoms. The van der Waals surface area contributed by atoms with E-state index in [1.165, 1.54) is 44.9 Å². The molecule has 0 saturated carbocycles. The van der Waals surface area contributed by atoms with Crippen LogP contribution in [0.4, 0.5) is 0 Å². The molecule has 0 spiro atoms. The minimum Gasteiger partial charge on any atom is -0.396 e. The van der Waals surface area contributed by atoms with Crippen LogP contribution in [0.5, 0.6) is 0 Å².